The summed E-state index contributed by atoms with van der Waals surface area (Å²) >= 11 is 0. The van der Waals surface area contributed by atoms with Gasteiger partial charge in [-0.15, -0.1) is 0 Å². The Morgan fingerprint density at radius 2 is 0.802 bits per heavy atom. The molecule has 5 heterocycles. The van der Waals surface area contributed by atoms with E-state index in [0.29, 0.717) is 0 Å². The van der Waals surface area contributed by atoms with Gasteiger partial charge in [-0.2, -0.15) is 0 Å². The lowest BCUT2D eigenvalue weighted by Gasteiger charge is -2.28. The molecule has 0 aliphatic carbocycles. The van der Waals surface area contributed by atoms with Crippen molar-refractivity contribution in [2.24, 2.45) is 0 Å². The minimum Gasteiger partial charge on any atom is -0.456 e. The first kappa shape index (κ1) is 50.5. The van der Waals surface area contributed by atoms with Crippen molar-refractivity contribution in [1.29, 1.82) is 0 Å². The highest BCUT2D eigenvalue weighted by Gasteiger charge is 2.32. The highest BCUT2D eigenvalue weighted by molar-refractivity contribution is 6.35. The Bertz CT molecular complexity index is 5670. The smallest absolute Gasteiger partial charge is 0.213 e. The van der Waals surface area contributed by atoms with Gasteiger partial charge in [0.2, 0.25) is 5.71 Å². The number of aromatic nitrogens is 1. The van der Waals surface area contributed by atoms with Crippen LogP contribution in [0, 0.1) is 0 Å². The van der Waals surface area contributed by atoms with Gasteiger partial charge in [0.1, 0.15) is 27.9 Å². The van der Waals surface area contributed by atoms with E-state index in [1.807, 2.05) is 0 Å². The number of rotatable bonds is 6. The van der Waals surface area contributed by atoms with Crippen molar-refractivity contribution in [3.63, 3.8) is 0 Å². The summed E-state index contributed by atoms with van der Waals surface area (Å²) < 4.78 is 23.5. The van der Waals surface area contributed by atoms with Crippen LogP contribution in [0.3, 0.4) is 0 Å². The van der Waals surface area contributed by atoms with Crippen LogP contribution in [0.5, 0.6) is 0 Å². The second kappa shape index (κ2) is 17.8. The molecule has 17 rings (SSSR count). The lowest BCUT2D eigenvalue weighted by Crippen LogP contribution is -2.14. The molecule has 0 saturated carbocycles. The zero-order valence-electron chi connectivity index (χ0n) is 49.9. The average Bonchev–Trinajstić information content (AvgIpc) is 1.52. The molecule has 0 aliphatic heterocycles. The minimum absolute atomic E-state index is 0.0317. The molecule has 5 aromatic heterocycles. The van der Waals surface area contributed by atoms with Crippen LogP contribution in [-0.4, -0.2) is 4.40 Å². The van der Waals surface area contributed by atoms with Gasteiger partial charge in [-0.3, -0.25) is 4.40 Å². The summed E-state index contributed by atoms with van der Waals surface area (Å²) in [6.45, 7) is 20.6. The fraction of sp³-hybridized carbons (Fsp3) is 0.150. The van der Waals surface area contributed by atoms with E-state index in [4.69, 9.17) is 13.3 Å². The van der Waals surface area contributed by atoms with E-state index in [-0.39, 0.29) is 16.2 Å². The molecule has 416 valence electrons. The molecule has 0 saturated heterocycles. The van der Waals surface area contributed by atoms with Gasteiger partial charge in [0, 0.05) is 83.4 Å². The molecule has 0 spiro atoms. The number of hydrogen-bond acceptors (Lipinski definition) is 5. The zero-order chi connectivity index (χ0) is 58.3. The van der Waals surface area contributed by atoms with Gasteiger partial charge in [-0.1, -0.05) is 184 Å². The number of anilines is 6. The Morgan fingerprint density at radius 3 is 1.42 bits per heavy atom. The van der Waals surface area contributed by atoms with Crippen molar-refractivity contribution < 1.29 is 13.3 Å². The first-order valence-electron chi connectivity index (χ1n) is 30.1. The maximum atomic E-state index is 7.39. The molecule has 12 aromatic carbocycles. The minimum atomic E-state index is -0.109. The van der Waals surface area contributed by atoms with Gasteiger partial charge in [0.15, 0.2) is 0 Å². The number of benzene rings is 12. The molecule has 17 aromatic rings. The molecule has 0 aliphatic rings. The van der Waals surface area contributed by atoms with Crippen LogP contribution < -0.4 is 9.80 Å². The van der Waals surface area contributed by atoms with Gasteiger partial charge >= 0.3 is 0 Å². The fourth-order valence-corrected chi connectivity index (χ4v) is 14.1. The Balaban J connectivity index is 0.976. The van der Waals surface area contributed by atoms with E-state index in [1.165, 1.54) is 43.6 Å². The van der Waals surface area contributed by atoms with Crippen LogP contribution in [-0.2, 0) is 16.2 Å². The van der Waals surface area contributed by atoms with Gasteiger partial charge in [0.25, 0.3) is 0 Å². The molecule has 0 atom stereocenters. The van der Waals surface area contributed by atoms with Gasteiger partial charge in [0.05, 0.1) is 27.8 Å². The van der Waals surface area contributed by atoms with E-state index < -0.39 is 0 Å². The third kappa shape index (κ3) is 7.38. The summed E-state index contributed by atoms with van der Waals surface area (Å²) in [5, 5.41) is 17.1. The summed E-state index contributed by atoms with van der Waals surface area (Å²) in [5.74, 6) is 0. The zero-order valence-corrected chi connectivity index (χ0v) is 49.9. The topological polar surface area (TPSA) is 50.3 Å². The van der Waals surface area contributed by atoms with Crippen LogP contribution in [0.4, 0.5) is 34.1 Å². The van der Waals surface area contributed by atoms with Gasteiger partial charge < -0.3 is 23.1 Å². The van der Waals surface area contributed by atoms with Crippen molar-refractivity contribution in [1.82, 2.24) is 4.40 Å². The molecule has 0 radical (unpaired) electrons. The number of hydrogen-bond donors (Lipinski definition) is 0. The Kier molecular flexibility index (Phi) is 10.4. The Morgan fingerprint density at radius 1 is 0.291 bits per heavy atom. The van der Waals surface area contributed by atoms with E-state index in [1.54, 1.807) is 0 Å². The Hall–Kier alpha value is -10.0. The Labute approximate surface area is 498 Å². The van der Waals surface area contributed by atoms with Crippen LogP contribution in [0.1, 0.15) is 79.0 Å². The quantitative estimate of drug-likeness (QED) is 0.166. The molecular formula is C80H63N3O3. The van der Waals surface area contributed by atoms with E-state index in [2.05, 4.69) is 295 Å². The average molecular weight is 1110 g/mol. The van der Waals surface area contributed by atoms with Crippen molar-refractivity contribution >= 4 is 160 Å². The van der Waals surface area contributed by atoms with Gasteiger partial charge in [-0.25, -0.2) is 0 Å². The number of nitrogens with zero attached hydrogens (tertiary/aromatic N) is 3. The number of furan rings is 3. The predicted molar refractivity (Wildman–Crippen MR) is 363 cm³/mol. The normalized spacial score (nSPS) is 12.9. The standard InChI is InChI=1S/C80H63N3O3/c1-78(2,3)48-27-30-51(31-28-48)81(53-32-34-59-69(43-53)84-67-38-25-46-17-10-12-21-55(46)72(59)67)64-45-65-71(58-24-15-14-23-57(58)64)61-36-37-63(75-74-62-42-50(80(7,8)9)29-40-66(62)86-77(74)83(65)76(61)75)82(52-20-16-19-49(41-52)79(4,5)6)54-33-35-60-70(44-54)85-68-39-26-47-18-11-13-22-56(47)73(60)68/h10-45H,1-9H3. The molecule has 0 unspecified atom stereocenters. The highest BCUT2D eigenvalue weighted by Crippen LogP contribution is 2.54. The molecule has 0 fully saturated rings. The van der Waals surface area contributed by atoms with Gasteiger partial charge in [-0.05, 0) is 145 Å². The van der Waals surface area contributed by atoms with E-state index in [0.717, 1.165) is 133 Å². The maximum Gasteiger partial charge on any atom is 0.213 e. The first-order chi connectivity index (χ1) is 41.5. The molecule has 0 bridgehead atoms. The second-order valence-electron chi connectivity index (χ2n) is 26.9. The lowest BCUT2D eigenvalue weighted by atomic mass is 9.86. The second-order valence-corrected chi connectivity index (χ2v) is 26.9. The summed E-state index contributed by atoms with van der Waals surface area (Å²) in [6.07, 6.45) is 0. The lowest BCUT2D eigenvalue weighted by molar-refractivity contribution is 0.590. The van der Waals surface area contributed by atoms with Crippen LogP contribution in [0.15, 0.2) is 232 Å². The predicted octanol–water partition coefficient (Wildman–Crippen LogP) is 23.7. The van der Waals surface area contributed by atoms with Crippen molar-refractivity contribution in [2.45, 2.75) is 78.6 Å². The van der Waals surface area contributed by atoms with E-state index in [9.17, 15) is 0 Å². The largest absolute Gasteiger partial charge is 0.456 e. The number of fused-ring (bicyclic) bond motifs is 20. The molecule has 0 amide bonds. The van der Waals surface area contributed by atoms with Crippen molar-refractivity contribution in [3.05, 3.63) is 235 Å². The van der Waals surface area contributed by atoms with Crippen LogP contribution >= 0.6 is 0 Å². The van der Waals surface area contributed by atoms with E-state index >= 15 is 0 Å². The maximum absolute atomic E-state index is 7.39. The van der Waals surface area contributed by atoms with Crippen molar-refractivity contribution in [3.8, 4) is 0 Å². The summed E-state index contributed by atoms with van der Waals surface area (Å²) in [6, 6.07) is 80.4. The monoisotopic (exact) mass is 1110 g/mol. The molecule has 6 heteroatoms. The highest BCUT2D eigenvalue weighted by atomic mass is 16.3. The first-order valence-corrected chi connectivity index (χ1v) is 30.1. The summed E-state index contributed by atoms with van der Waals surface area (Å²) in [4.78, 5) is 4.89. The molecule has 6 nitrogen and oxygen atoms in total. The fourth-order valence-electron chi connectivity index (χ4n) is 14.1. The molecule has 0 N–H and O–H groups in total. The third-order valence-electron chi connectivity index (χ3n) is 18.5. The van der Waals surface area contributed by atoms with Crippen LogP contribution in [0.25, 0.3) is 125 Å². The summed E-state index contributed by atoms with van der Waals surface area (Å²) in [5.41, 5.74) is 17.0. The van der Waals surface area contributed by atoms with Crippen molar-refractivity contribution in [2.75, 3.05) is 9.80 Å². The van der Waals surface area contributed by atoms with Crippen LogP contribution in [0.2, 0.25) is 0 Å². The SMILES string of the molecule is CC(C)(C)c1ccc(N(c2ccc3c(c2)oc2ccc4ccccc4c23)c2cc3c(c4ccccc24)c2ccc(N(c4cccc(C(C)(C)C)c4)c4ccc5c(c4)oc4ccc6ccccc6c45)c4c5c6cc(C(C)(C)C)ccc6oc5n3c24)cc1. The molecule has 86 heavy (non-hydrogen) atoms. The molecular weight excluding hydrogens is 1050 g/mol. The summed E-state index contributed by atoms with van der Waals surface area (Å²) in [7, 11) is 0. The third-order valence-corrected chi connectivity index (χ3v) is 18.5.